The van der Waals surface area contributed by atoms with Gasteiger partial charge in [-0.3, -0.25) is 9.59 Å². The number of carboxylic acids is 1. The third-order valence-corrected chi connectivity index (χ3v) is 5.45. The predicted octanol–water partition coefficient (Wildman–Crippen LogP) is 3.91. The van der Waals surface area contributed by atoms with Crippen LogP contribution >= 0.6 is 0 Å². The van der Waals surface area contributed by atoms with Crippen molar-refractivity contribution in [2.75, 3.05) is 13.2 Å². The van der Waals surface area contributed by atoms with Gasteiger partial charge in [-0.1, -0.05) is 38.5 Å². The standard InChI is InChI=1S/C28H36O11/c29-19-9-5-3-1-2-4-6-10-20-37-24(32)11-7-8-12-25(33)38-27(35)21-13-15-22(16-14-21)28(36)39-26(34)18-17-23(30)31/h13-18,29H,1-12,19-20H2,(H,30,31)/b18-17-. The molecule has 0 spiro atoms. The first-order valence-corrected chi connectivity index (χ1v) is 13.0. The molecule has 11 heteroatoms. The smallest absolute Gasteiger partial charge is 0.346 e. The Morgan fingerprint density at radius 3 is 1.64 bits per heavy atom. The highest BCUT2D eigenvalue weighted by atomic mass is 16.6. The molecule has 0 aliphatic heterocycles. The van der Waals surface area contributed by atoms with Crippen molar-refractivity contribution in [1.29, 1.82) is 0 Å². The summed E-state index contributed by atoms with van der Waals surface area (Å²) in [6.07, 6.45) is 10.2. The summed E-state index contributed by atoms with van der Waals surface area (Å²) in [4.78, 5) is 69.4. The molecule has 0 aliphatic carbocycles. The maximum atomic E-state index is 12.1. The summed E-state index contributed by atoms with van der Waals surface area (Å²) in [5.74, 6) is -5.62. The third-order valence-electron chi connectivity index (χ3n) is 5.45. The quantitative estimate of drug-likeness (QED) is 0.0844. The zero-order valence-corrected chi connectivity index (χ0v) is 21.9. The molecule has 0 atom stereocenters. The molecule has 11 nitrogen and oxygen atoms in total. The number of rotatable bonds is 19. The second kappa shape index (κ2) is 20.1. The first-order chi connectivity index (χ1) is 18.7. The maximum absolute atomic E-state index is 12.1. The van der Waals surface area contributed by atoms with Crippen molar-refractivity contribution in [3.05, 3.63) is 47.5 Å². The predicted molar refractivity (Wildman–Crippen MR) is 138 cm³/mol. The summed E-state index contributed by atoms with van der Waals surface area (Å²) in [6.45, 7) is 0.619. The summed E-state index contributed by atoms with van der Waals surface area (Å²) in [5, 5.41) is 17.2. The molecule has 1 aromatic rings. The number of carbonyl (C=O) groups is 6. The van der Waals surface area contributed by atoms with Gasteiger partial charge in [-0.05, 0) is 49.9 Å². The SMILES string of the molecule is O=C(O)/C=C\C(=O)OC(=O)c1ccc(C(=O)OC(=O)CCCCC(=O)OCCCCCCCCCCO)cc1. The number of ether oxygens (including phenoxy) is 3. The van der Waals surface area contributed by atoms with Crippen LogP contribution < -0.4 is 0 Å². The van der Waals surface area contributed by atoms with Crippen LogP contribution in [0.2, 0.25) is 0 Å². The molecule has 0 fully saturated rings. The lowest BCUT2D eigenvalue weighted by molar-refractivity contribution is -0.144. The molecule has 0 saturated heterocycles. The molecule has 0 heterocycles. The molecule has 214 valence electrons. The first kappa shape index (κ1) is 33.2. The number of aliphatic hydroxyl groups is 1. The lowest BCUT2D eigenvalue weighted by atomic mass is 10.1. The Bertz CT molecular complexity index is 980. The zero-order valence-electron chi connectivity index (χ0n) is 21.9. The number of esters is 5. The highest BCUT2D eigenvalue weighted by Gasteiger charge is 2.16. The van der Waals surface area contributed by atoms with Crippen molar-refractivity contribution >= 4 is 35.8 Å². The fourth-order valence-electron chi connectivity index (χ4n) is 3.35. The van der Waals surface area contributed by atoms with E-state index in [-0.39, 0.29) is 36.5 Å². The van der Waals surface area contributed by atoms with Crippen LogP contribution in [-0.4, -0.2) is 59.2 Å². The van der Waals surface area contributed by atoms with Gasteiger partial charge in [0.1, 0.15) is 0 Å². The van der Waals surface area contributed by atoms with Crippen molar-refractivity contribution in [3.8, 4) is 0 Å². The molecule has 0 bridgehead atoms. The number of unbranched alkanes of at least 4 members (excludes halogenated alkanes) is 8. The van der Waals surface area contributed by atoms with Gasteiger partial charge in [0.05, 0.1) is 17.7 Å². The number of hydrogen-bond donors (Lipinski definition) is 2. The Morgan fingerprint density at radius 1 is 0.615 bits per heavy atom. The molecule has 0 aliphatic rings. The molecule has 2 N–H and O–H groups in total. The second-order valence-corrected chi connectivity index (χ2v) is 8.70. The zero-order chi connectivity index (χ0) is 28.9. The molecular formula is C28H36O11. The molecule has 0 aromatic heterocycles. The monoisotopic (exact) mass is 548 g/mol. The Balaban J connectivity index is 2.18. The van der Waals surface area contributed by atoms with Crippen molar-refractivity contribution in [1.82, 2.24) is 0 Å². The summed E-state index contributed by atoms with van der Waals surface area (Å²) in [7, 11) is 0. The minimum absolute atomic E-state index is 0.0118. The van der Waals surface area contributed by atoms with E-state index < -0.39 is 29.8 Å². The first-order valence-electron chi connectivity index (χ1n) is 13.0. The fraction of sp³-hybridized carbons (Fsp3) is 0.500. The minimum Gasteiger partial charge on any atom is -0.478 e. The van der Waals surface area contributed by atoms with Gasteiger partial charge in [0, 0.05) is 31.6 Å². The Hall–Kier alpha value is -3.86. The molecule has 39 heavy (non-hydrogen) atoms. The normalized spacial score (nSPS) is 10.7. The van der Waals surface area contributed by atoms with Gasteiger partial charge in [0.25, 0.3) is 0 Å². The van der Waals surface area contributed by atoms with E-state index in [0.717, 1.165) is 51.4 Å². The Kier molecular flexibility index (Phi) is 17.1. The lowest BCUT2D eigenvalue weighted by Crippen LogP contribution is -2.14. The number of aliphatic carboxylic acids is 1. The van der Waals surface area contributed by atoms with Gasteiger partial charge in [-0.25, -0.2) is 19.2 Å². The Morgan fingerprint density at radius 2 is 1.10 bits per heavy atom. The number of carbonyl (C=O) groups excluding carboxylic acids is 5. The summed E-state index contributed by atoms with van der Waals surface area (Å²) >= 11 is 0. The topological polar surface area (TPSA) is 171 Å². The van der Waals surface area contributed by atoms with E-state index in [1.807, 2.05) is 0 Å². The molecule has 1 rings (SSSR count). The van der Waals surface area contributed by atoms with Crippen LogP contribution in [0.1, 0.15) is 97.8 Å². The third kappa shape index (κ3) is 16.6. The second-order valence-electron chi connectivity index (χ2n) is 8.70. The van der Waals surface area contributed by atoms with Gasteiger partial charge in [0.2, 0.25) is 0 Å². The molecule has 0 saturated carbocycles. The average molecular weight is 549 g/mol. The van der Waals surface area contributed by atoms with E-state index in [4.69, 9.17) is 19.7 Å². The summed E-state index contributed by atoms with van der Waals surface area (Å²) in [6, 6.07) is 4.78. The van der Waals surface area contributed by atoms with Gasteiger partial charge >= 0.3 is 35.8 Å². The van der Waals surface area contributed by atoms with Crippen LogP contribution in [0.15, 0.2) is 36.4 Å². The van der Waals surface area contributed by atoms with Crippen LogP contribution in [0.5, 0.6) is 0 Å². The molecule has 0 unspecified atom stereocenters. The van der Waals surface area contributed by atoms with Crippen LogP contribution in [-0.2, 0) is 33.4 Å². The number of carboxylic acid groups (broad SMARTS) is 1. The van der Waals surface area contributed by atoms with E-state index in [9.17, 15) is 28.8 Å². The molecule has 0 radical (unpaired) electrons. The molecule has 0 amide bonds. The van der Waals surface area contributed by atoms with Crippen molar-refractivity contribution in [2.45, 2.75) is 77.0 Å². The van der Waals surface area contributed by atoms with Crippen molar-refractivity contribution in [2.24, 2.45) is 0 Å². The molecule has 1 aromatic carbocycles. The van der Waals surface area contributed by atoms with Gasteiger partial charge in [-0.2, -0.15) is 0 Å². The largest absolute Gasteiger partial charge is 0.478 e. The van der Waals surface area contributed by atoms with Crippen LogP contribution in [0.3, 0.4) is 0 Å². The Labute approximate surface area is 227 Å². The lowest BCUT2D eigenvalue weighted by Gasteiger charge is -2.06. The van der Waals surface area contributed by atoms with Crippen LogP contribution in [0, 0.1) is 0 Å². The molecular weight excluding hydrogens is 512 g/mol. The fourth-order valence-corrected chi connectivity index (χ4v) is 3.35. The summed E-state index contributed by atoms with van der Waals surface area (Å²) in [5.41, 5.74) is -0.0885. The minimum atomic E-state index is -1.38. The highest BCUT2D eigenvalue weighted by molar-refractivity contribution is 6.02. The average Bonchev–Trinajstić information content (AvgIpc) is 2.91. The van der Waals surface area contributed by atoms with Gasteiger partial charge < -0.3 is 24.4 Å². The number of hydrogen-bond acceptors (Lipinski definition) is 10. The maximum Gasteiger partial charge on any atom is 0.346 e. The summed E-state index contributed by atoms with van der Waals surface area (Å²) < 4.78 is 14.4. The van der Waals surface area contributed by atoms with E-state index in [0.29, 0.717) is 31.6 Å². The van der Waals surface area contributed by atoms with E-state index in [1.54, 1.807) is 0 Å². The van der Waals surface area contributed by atoms with Crippen LogP contribution in [0.4, 0.5) is 0 Å². The van der Waals surface area contributed by atoms with E-state index >= 15 is 0 Å². The highest BCUT2D eigenvalue weighted by Crippen LogP contribution is 2.11. The number of benzene rings is 1. The van der Waals surface area contributed by atoms with Crippen molar-refractivity contribution < 1.29 is 53.2 Å². The van der Waals surface area contributed by atoms with Crippen LogP contribution in [0.25, 0.3) is 0 Å². The van der Waals surface area contributed by atoms with E-state index in [2.05, 4.69) is 4.74 Å². The van der Waals surface area contributed by atoms with Gasteiger partial charge in [-0.15, -0.1) is 0 Å². The van der Waals surface area contributed by atoms with Crippen molar-refractivity contribution in [3.63, 3.8) is 0 Å². The van der Waals surface area contributed by atoms with E-state index in [1.165, 1.54) is 24.3 Å². The number of aliphatic hydroxyl groups excluding tert-OH is 1. The van der Waals surface area contributed by atoms with Gasteiger partial charge in [0.15, 0.2) is 0 Å².